The molecule has 0 fully saturated rings. The summed E-state index contributed by atoms with van der Waals surface area (Å²) in [7, 11) is 0. The SMILES string of the molecule is CCCCCCCCC(CNc1c(F)c(F)c(F)c(F)c1F)C(OCC)(OCC)OCC. The quantitative estimate of drug-likeness (QED) is 0.0883. The van der Waals surface area contributed by atoms with E-state index in [1.807, 2.05) is 0 Å². The highest BCUT2D eigenvalue weighted by Gasteiger charge is 2.42. The normalized spacial score (nSPS) is 12.9. The molecule has 1 aromatic carbocycles. The Bertz CT molecular complexity index is 644. The standard InChI is InChI=1S/C23H36F5NO3/c1-5-9-10-11-12-13-14-16(23(30-6-2,31-7-3)32-8-4)15-29-22-20(27)18(25)17(24)19(26)21(22)28/h16,29H,5-15H2,1-4H3. The van der Waals surface area contributed by atoms with Gasteiger partial charge >= 0.3 is 0 Å². The highest BCUT2D eigenvalue weighted by Crippen LogP contribution is 2.33. The summed E-state index contributed by atoms with van der Waals surface area (Å²) in [5, 5.41) is 2.40. The molecule has 4 nitrogen and oxygen atoms in total. The highest BCUT2D eigenvalue weighted by molar-refractivity contribution is 5.47. The van der Waals surface area contributed by atoms with Crippen LogP contribution in [0.15, 0.2) is 0 Å². The average Bonchev–Trinajstić information content (AvgIpc) is 2.77. The van der Waals surface area contributed by atoms with Gasteiger partial charge in [0, 0.05) is 26.4 Å². The monoisotopic (exact) mass is 469 g/mol. The molecular weight excluding hydrogens is 433 g/mol. The van der Waals surface area contributed by atoms with E-state index < -0.39 is 46.7 Å². The van der Waals surface area contributed by atoms with Crippen molar-refractivity contribution in [1.29, 1.82) is 0 Å². The van der Waals surface area contributed by atoms with Gasteiger partial charge in [0.15, 0.2) is 23.3 Å². The lowest BCUT2D eigenvalue weighted by Gasteiger charge is -2.39. The molecule has 1 aromatic rings. The van der Waals surface area contributed by atoms with E-state index in [1.54, 1.807) is 20.8 Å². The first-order valence-corrected chi connectivity index (χ1v) is 11.5. The van der Waals surface area contributed by atoms with Gasteiger partial charge in [0.05, 0.1) is 5.92 Å². The summed E-state index contributed by atoms with van der Waals surface area (Å²) in [5.74, 6) is -12.1. The minimum atomic E-state index is -2.19. The Hall–Kier alpha value is -1.45. The van der Waals surface area contributed by atoms with Gasteiger partial charge in [-0.2, -0.15) is 0 Å². The zero-order valence-corrected chi connectivity index (χ0v) is 19.5. The smallest absolute Gasteiger partial charge is 0.287 e. The van der Waals surface area contributed by atoms with Crippen LogP contribution in [0.4, 0.5) is 27.6 Å². The molecule has 0 aliphatic rings. The third-order valence-electron chi connectivity index (χ3n) is 5.18. The van der Waals surface area contributed by atoms with Crippen LogP contribution in [0, 0.1) is 35.0 Å². The van der Waals surface area contributed by atoms with Crippen molar-refractivity contribution in [2.75, 3.05) is 31.7 Å². The van der Waals surface area contributed by atoms with Gasteiger partial charge < -0.3 is 19.5 Å². The van der Waals surface area contributed by atoms with Crippen molar-refractivity contribution in [3.8, 4) is 0 Å². The third-order valence-corrected chi connectivity index (χ3v) is 5.18. The number of anilines is 1. The second-order valence-corrected chi connectivity index (χ2v) is 7.48. The predicted molar refractivity (Wildman–Crippen MR) is 114 cm³/mol. The molecule has 1 N–H and O–H groups in total. The maximum atomic E-state index is 14.1. The van der Waals surface area contributed by atoms with Crippen molar-refractivity contribution in [3.05, 3.63) is 29.1 Å². The maximum Gasteiger partial charge on any atom is 0.287 e. The van der Waals surface area contributed by atoms with Gasteiger partial charge in [-0.15, -0.1) is 0 Å². The van der Waals surface area contributed by atoms with Crippen LogP contribution >= 0.6 is 0 Å². The highest BCUT2D eigenvalue weighted by atomic mass is 19.2. The molecule has 0 radical (unpaired) electrons. The third kappa shape index (κ3) is 7.56. The first kappa shape index (κ1) is 28.6. The van der Waals surface area contributed by atoms with Crippen molar-refractivity contribution in [2.45, 2.75) is 78.6 Å². The van der Waals surface area contributed by atoms with E-state index >= 15 is 0 Å². The summed E-state index contributed by atoms with van der Waals surface area (Å²) >= 11 is 0. The van der Waals surface area contributed by atoms with Gasteiger partial charge in [0.1, 0.15) is 5.69 Å². The summed E-state index contributed by atoms with van der Waals surface area (Å²) < 4.78 is 86.3. The zero-order valence-electron chi connectivity index (χ0n) is 19.5. The van der Waals surface area contributed by atoms with Crippen molar-refractivity contribution in [2.24, 2.45) is 5.92 Å². The van der Waals surface area contributed by atoms with E-state index in [2.05, 4.69) is 12.2 Å². The van der Waals surface area contributed by atoms with Crippen LogP contribution in [0.5, 0.6) is 0 Å². The molecule has 1 rings (SSSR count). The lowest BCUT2D eigenvalue weighted by Crippen LogP contribution is -2.49. The maximum absolute atomic E-state index is 14.1. The van der Waals surface area contributed by atoms with E-state index in [-0.39, 0.29) is 26.4 Å². The topological polar surface area (TPSA) is 39.7 Å². The average molecular weight is 470 g/mol. The van der Waals surface area contributed by atoms with Crippen LogP contribution in [0.25, 0.3) is 0 Å². The Balaban J connectivity index is 3.12. The lowest BCUT2D eigenvalue weighted by atomic mass is 9.97. The number of hydrogen-bond donors (Lipinski definition) is 1. The summed E-state index contributed by atoms with van der Waals surface area (Å²) in [6.45, 7) is 7.96. The minimum Gasteiger partial charge on any atom is -0.380 e. The van der Waals surface area contributed by atoms with E-state index in [4.69, 9.17) is 14.2 Å². The van der Waals surface area contributed by atoms with E-state index in [0.717, 1.165) is 38.5 Å². The molecule has 186 valence electrons. The molecule has 0 amide bonds. The number of ether oxygens (including phenoxy) is 3. The fourth-order valence-corrected chi connectivity index (χ4v) is 3.64. The minimum absolute atomic E-state index is 0.173. The van der Waals surface area contributed by atoms with Crippen molar-refractivity contribution in [3.63, 3.8) is 0 Å². The molecule has 1 unspecified atom stereocenters. The second kappa shape index (κ2) is 14.6. The molecule has 1 atom stereocenters. The molecule has 0 saturated heterocycles. The number of nitrogens with one attached hydrogen (secondary N) is 1. The Morgan fingerprint density at radius 3 is 1.56 bits per heavy atom. The van der Waals surface area contributed by atoms with Crippen molar-refractivity contribution in [1.82, 2.24) is 0 Å². The molecule has 0 aliphatic heterocycles. The van der Waals surface area contributed by atoms with Crippen molar-refractivity contribution < 1.29 is 36.2 Å². The summed E-state index contributed by atoms with van der Waals surface area (Å²) in [4.78, 5) is 0. The Labute approximate surface area is 187 Å². The molecular formula is C23H36F5NO3. The second-order valence-electron chi connectivity index (χ2n) is 7.48. The van der Waals surface area contributed by atoms with E-state index in [9.17, 15) is 22.0 Å². The van der Waals surface area contributed by atoms with Gasteiger partial charge in [-0.1, -0.05) is 45.4 Å². The predicted octanol–water partition coefficient (Wildman–Crippen LogP) is 6.92. The van der Waals surface area contributed by atoms with Crippen LogP contribution in [-0.4, -0.2) is 32.3 Å². The van der Waals surface area contributed by atoms with Gasteiger partial charge in [-0.3, -0.25) is 0 Å². The lowest BCUT2D eigenvalue weighted by molar-refractivity contribution is -0.400. The van der Waals surface area contributed by atoms with Gasteiger partial charge in [0.2, 0.25) is 5.82 Å². The largest absolute Gasteiger partial charge is 0.380 e. The molecule has 0 saturated carbocycles. The summed E-state index contributed by atoms with van der Waals surface area (Å²) in [6, 6.07) is 0. The number of benzene rings is 1. The molecule has 9 heteroatoms. The summed E-state index contributed by atoms with van der Waals surface area (Å²) in [5.41, 5.74) is -1.08. The Kier molecular flexibility index (Phi) is 13.1. The van der Waals surface area contributed by atoms with Crippen LogP contribution < -0.4 is 5.32 Å². The number of halogens is 5. The van der Waals surface area contributed by atoms with E-state index in [1.165, 1.54) is 0 Å². The molecule has 0 aromatic heterocycles. The molecule has 0 aliphatic carbocycles. The molecule has 0 heterocycles. The van der Waals surface area contributed by atoms with Crippen LogP contribution in [0.2, 0.25) is 0 Å². The first-order chi connectivity index (χ1) is 15.3. The molecule has 0 bridgehead atoms. The number of hydrogen-bond acceptors (Lipinski definition) is 4. The van der Waals surface area contributed by atoms with Crippen LogP contribution in [0.3, 0.4) is 0 Å². The van der Waals surface area contributed by atoms with Crippen LogP contribution in [0.1, 0.15) is 72.6 Å². The first-order valence-electron chi connectivity index (χ1n) is 11.5. The van der Waals surface area contributed by atoms with Crippen molar-refractivity contribution >= 4 is 5.69 Å². The van der Waals surface area contributed by atoms with E-state index in [0.29, 0.717) is 6.42 Å². The summed E-state index contributed by atoms with van der Waals surface area (Å²) in [6.07, 6.45) is 6.62. The van der Waals surface area contributed by atoms with Gasteiger partial charge in [-0.25, -0.2) is 22.0 Å². The Morgan fingerprint density at radius 2 is 1.09 bits per heavy atom. The van der Waals surface area contributed by atoms with Gasteiger partial charge in [-0.05, 0) is 27.2 Å². The molecule has 0 spiro atoms. The fraction of sp³-hybridized carbons (Fsp3) is 0.739. The Morgan fingerprint density at radius 1 is 0.656 bits per heavy atom. The fourth-order valence-electron chi connectivity index (χ4n) is 3.64. The zero-order chi connectivity index (χ0) is 24.1. The number of rotatable bonds is 17. The van der Waals surface area contributed by atoms with Gasteiger partial charge in [0.25, 0.3) is 5.97 Å². The van der Waals surface area contributed by atoms with Crippen LogP contribution in [-0.2, 0) is 14.2 Å². The molecule has 32 heavy (non-hydrogen) atoms. The number of unbranched alkanes of at least 4 members (excludes halogenated alkanes) is 5.